The summed E-state index contributed by atoms with van der Waals surface area (Å²) in [5.41, 5.74) is 10.3. The first-order valence-electron chi connectivity index (χ1n) is 6.28. The Morgan fingerprint density at radius 1 is 1.21 bits per heavy atom. The van der Waals surface area contributed by atoms with Crippen LogP contribution in [0.2, 0.25) is 0 Å². The van der Waals surface area contributed by atoms with Crippen molar-refractivity contribution in [2.45, 2.75) is 13.3 Å². The summed E-state index contributed by atoms with van der Waals surface area (Å²) in [6.07, 6.45) is 0.960. The summed E-state index contributed by atoms with van der Waals surface area (Å²) in [4.78, 5) is 0. The van der Waals surface area contributed by atoms with E-state index in [1.807, 2.05) is 6.07 Å². The summed E-state index contributed by atoms with van der Waals surface area (Å²) in [7, 11) is 0. The average Bonchev–Trinajstić information content (AvgIpc) is 2.39. The Labute approximate surface area is 113 Å². The van der Waals surface area contributed by atoms with Gasteiger partial charge < -0.3 is 11.1 Å². The van der Waals surface area contributed by atoms with Crippen LogP contribution in [0.25, 0.3) is 0 Å². The highest BCUT2D eigenvalue weighted by Gasteiger charge is 1.99. The fourth-order valence-electron chi connectivity index (χ4n) is 1.99. The predicted octanol–water partition coefficient (Wildman–Crippen LogP) is 3.10. The molecule has 3 nitrogen and oxygen atoms in total. The Bertz CT molecular complexity index is 612. The number of hydrogen-bond donors (Lipinski definition) is 2. The van der Waals surface area contributed by atoms with Gasteiger partial charge in [0, 0.05) is 12.2 Å². The molecule has 0 aromatic heterocycles. The molecule has 96 valence electrons. The van der Waals surface area contributed by atoms with Crippen molar-refractivity contribution in [2.75, 3.05) is 17.6 Å². The molecule has 0 spiro atoms. The molecule has 0 radical (unpaired) electrons. The molecule has 0 atom stereocenters. The van der Waals surface area contributed by atoms with Gasteiger partial charge in [-0.3, -0.25) is 0 Å². The number of rotatable bonds is 4. The molecule has 3 N–H and O–H groups in total. The molecule has 0 aliphatic heterocycles. The maximum atomic E-state index is 8.81. The monoisotopic (exact) mass is 251 g/mol. The zero-order valence-electron chi connectivity index (χ0n) is 11.0. The molecule has 0 saturated carbocycles. The van der Waals surface area contributed by atoms with Crippen molar-refractivity contribution in [1.82, 2.24) is 0 Å². The number of nitriles is 1. The molecule has 2 rings (SSSR count). The van der Waals surface area contributed by atoms with Gasteiger partial charge in [-0.1, -0.05) is 29.8 Å². The summed E-state index contributed by atoms with van der Waals surface area (Å²) in [5.74, 6) is 0. The topological polar surface area (TPSA) is 61.8 Å². The van der Waals surface area contributed by atoms with Gasteiger partial charge in [0.2, 0.25) is 0 Å². The normalized spacial score (nSPS) is 9.89. The van der Waals surface area contributed by atoms with Crippen molar-refractivity contribution in [2.24, 2.45) is 0 Å². The van der Waals surface area contributed by atoms with E-state index < -0.39 is 0 Å². The third-order valence-corrected chi connectivity index (χ3v) is 3.00. The molecule has 2 aromatic rings. The number of nitrogen functional groups attached to an aromatic ring is 1. The Morgan fingerprint density at radius 2 is 2.05 bits per heavy atom. The van der Waals surface area contributed by atoms with Crippen LogP contribution in [0.4, 0.5) is 11.4 Å². The minimum absolute atomic E-state index is 0.517. The van der Waals surface area contributed by atoms with Crippen LogP contribution in [0.1, 0.15) is 16.7 Å². The first-order chi connectivity index (χ1) is 9.19. The fourth-order valence-corrected chi connectivity index (χ4v) is 1.99. The summed E-state index contributed by atoms with van der Waals surface area (Å²) < 4.78 is 0. The van der Waals surface area contributed by atoms with Gasteiger partial charge in [-0.15, -0.1) is 0 Å². The Morgan fingerprint density at radius 3 is 2.74 bits per heavy atom. The zero-order valence-corrected chi connectivity index (χ0v) is 11.0. The van der Waals surface area contributed by atoms with Gasteiger partial charge in [0.15, 0.2) is 0 Å². The van der Waals surface area contributed by atoms with Crippen molar-refractivity contribution in [3.05, 3.63) is 59.2 Å². The van der Waals surface area contributed by atoms with E-state index in [2.05, 4.69) is 42.6 Å². The lowest BCUT2D eigenvalue weighted by molar-refractivity contribution is 1.02. The lowest BCUT2D eigenvalue weighted by Crippen LogP contribution is -2.05. The number of hydrogen-bond acceptors (Lipinski definition) is 3. The molecule has 2 aromatic carbocycles. The van der Waals surface area contributed by atoms with Gasteiger partial charge in [0.25, 0.3) is 0 Å². The van der Waals surface area contributed by atoms with Crippen molar-refractivity contribution < 1.29 is 0 Å². The molecule has 0 fully saturated rings. The fraction of sp³-hybridized carbons (Fsp3) is 0.188. The Balaban J connectivity index is 1.93. The zero-order chi connectivity index (χ0) is 13.7. The van der Waals surface area contributed by atoms with Crippen molar-refractivity contribution in [1.29, 1.82) is 5.26 Å². The SMILES string of the molecule is Cc1cccc(CCNc2ccc(C#N)c(N)c2)c1. The van der Waals surface area contributed by atoms with Crippen LogP contribution in [0.3, 0.4) is 0 Å². The van der Waals surface area contributed by atoms with E-state index in [9.17, 15) is 0 Å². The lowest BCUT2D eigenvalue weighted by atomic mass is 10.1. The summed E-state index contributed by atoms with van der Waals surface area (Å²) >= 11 is 0. The second-order valence-electron chi connectivity index (χ2n) is 4.58. The minimum atomic E-state index is 0.517. The third kappa shape index (κ3) is 3.49. The van der Waals surface area contributed by atoms with Crippen molar-refractivity contribution in [3.63, 3.8) is 0 Å². The quantitative estimate of drug-likeness (QED) is 0.821. The number of benzene rings is 2. The number of nitrogens with zero attached hydrogens (tertiary/aromatic N) is 1. The van der Waals surface area contributed by atoms with Gasteiger partial charge in [-0.2, -0.15) is 5.26 Å². The van der Waals surface area contributed by atoms with Crippen LogP contribution in [0.15, 0.2) is 42.5 Å². The maximum Gasteiger partial charge on any atom is 0.101 e. The van der Waals surface area contributed by atoms with Gasteiger partial charge in [0.1, 0.15) is 6.07 Å². The van der Waals surface area contributed by atoms with Crippen molar-refractivity contribution >= 4 is 11.4 Å². The van der Waals surface area contributed by atoms with Gasteiger partial charge in [-0.25, -0.2) is 0 Å². The highest BCUT2D eigenvalue weighted by Crippen LogP contribution is 2.17. The van der Waals surface area contributed by atoms with E-state index in [1.165, 1.54) is 11.1 Å². The second-order valence-corrected chi connectivity index (χ2v) is 4.58. The van der Waals surface area contributed by atoms with E-state index in [1.54, 1.807) is 12.1 Å². The maximum absolute atomic E-state index is 8.81. The molecule has 0 aliphatic rings. The van der Waals surface area contributed by atoms with E-state index in [4.69, 9.17) is 11.0 Å². The van der Waals surface area contributed by atoms with E-state index in [0.29, 0.717) is 11.3 Å². The standard InChI is InChI=1S/C16H17N3/c1-12-3-2-4-13(9-12)7-8-19-15-6-5-14(11-17)16(18)10-15/h2-6,9-10,19H,7-8,18H2,1H3. The molecule has 0 saturated heterocycles. The molecule has 0 aliphatic carbocycles. The van der Waals surface area contributed by atoms with Crippen LogP contribution in [0, 0.1) is 18.3 Å². The second kappa shape index (κ2) is 5.92. The van der Waals surface area contributed by atoms with Crippen LogP contribution >= 0.6 is 0 Å². The number of nitrogens with one attached hydrogen (secondary N) is 1. The first kappa shape index (κ1) is 13.0. The Kier molecular flexibility index (Phi) is 4.04. The lowest BCUT2D eigenvalue weighted by Gasteiger charge is -2.08. The summed E-state index contributed by atoms with van der Waals surface area (Å²) in [6.45, 7) is 2.94. The smallest absolute Gasteiger partial charge is 0.101 e. The number of nitrogens with two attached hydrogens (primary N) is 1. The van der Waals surface area contributed by atoms with Crippen LogP contribution < -0.4 is 11.1 Å². The first-order valence-corrected chi connectivity index (χ1v) is 6.28. The molecule has 0 bridgehead atoms. The summed E-state index contributed by atoms with van der Waals surface area (Å²) in [6, 6.07) is 16.0. The third-order valence-electron chi connectivity index (χ3n) is 3.00. The Hall–Kier alpha value is -2.47. The van der Waals surface area contributed by atoms with Crippen LogP contribution in [0.5, 0.6) is 0 Å². The van der Waals surface area contributed by atoms with Crippen LogP contribution in [-0.2, 0) is 6.42 Å². The molecule has 0 heterocycles. The predicted molar refractivity (Wildman–Crippen MR) is 78.9 cm³/mol. The average molecular weight is 251 g/mol. The molecule has 0 amide bonds. The molecule has 3 heteroatoms. The minimum Gasteiger partial charge on any atom is -0.398 e. The van der Waals surface area contributed by atoms with Crippen LogP contribution in [-0.4, -0.2) is 6.54 Å². The number of anilines is 2. The highest BCUT2D eigenvalue weighted by atomic mass is 14.9. The molecule has 19 heavy (non-hydrogen) atoms. The largest absolute Gasteiger partial charge is 0.398 e. The van der Waals surface area contributed by atoms with E-state index in [-0.39, 0.29) is 0 Å². The van der Waals surface area contributed by atoms with Crippen molar-refractivity contribution in [3.8, 4) is 6.07 Å². The number of aryl methyl sites for hydroxylation is 1. The molecular formula is C16H17N3. The van der Waals surface area contributed by atoms with E-state index in [0.717, 1.165) is 18.7 Å². The highest BCUT2D eigenvalue weighted by molar-refractivity contribution is 5.62. The summed E-state index contributed by atoms with van der Waals surface area (Å²) in [5, 5.41) is 12.1. The van der Waals surface area contributed by atoms with Gasteiger partial charge in [-0.05, 0) is 37.1 Å². The van der Waals surface area contributed by atoms with Gasteiger partial charge >= 0.3 is 0 Å². The van der Waals surface area contributed by atoms with Gasteiger partial charge in [0.05, 0.1) is 11.3 Å². The van der Waals surface area contributed by atoms with E-state index >= 15 is 0 Å². The molecular weight excluding hydrogens is 234 g/mol. The molecule has 0 unspecified atom stereocenters.